The Balaban J connectivity index is 0.00000321. The molecule has 0 unspecified atom stereocenters. The van der Waals surface area contributed by atoms with E-state index in [0.717, 1.165) is 119 Å². The molecule has 16 nitrogen and oxygen atoms in total. The summed E-state index contributed by atoms with van der Waals surface area (Å²) < 4.78 is 1.73. The summed E-state index contributed by atoms with van der Waals surface area (Å²) in [6.07, 6.45) is 14.1. The fourth-order valence-electron chi connectivity index (χ4n) is 11.7. The standard InChI is InChI=1S/C50H62ClN11O5.2ClH/c1-31-38-29-53-50(56-46(38)62(35-5-3-4-6-35)49(67)44(31)32(2)63)54-42-11-7-36(28-52-42)59-25-23-58(24-26-59)22-21-57-17-13-33(14-18-57)27-34-15-19-60(20-16-34)40-9-8-37-39(45(40)51)30-61(48(37)66)41-10-12-43(64)55-47(41)65;;/h7-9,11,28-29,33-35,41H,3-6,10,12-27,30H2,1-2H3,(H,55,64,65)(H,52,53,54,56);2*1H/t41-;;/m0../s1. The third-order valence-electron chi connectivity index (χ3n) is 15.7. The largest absolute Gasteiger partial charge is 0.370 e. The minimum Gasteiger partial charge on any atom is -0.370 e. The lowest BCUT2D eigenvalue weighted by molar-refractivity contribution is -0.136. The van der Waals surface area contributed by atoms with Gasteiger partial charge in [0.25, 0.3) is 11.5 Å². The Hall–Kier alpha value is -4.87. The number of carbonyl (C=O) groups is 4. The Labute approximate surface area is 420 Å². The summed E-state index contributed by atoms with van der Waals surface area (Å²) in [6, 6.07) is 7.24. The maximum Gasteiger partial charge on any atom is 0.263 e. The molecule has 5 aliphatic heterocycles. The van der Waals surface area contributed by atoms with Gasteiger partial charge in [-0.2, -0.15) is 4.98 Å². The van der Waals surface area contributed by atoms with E-state index in [9.17, 15) is 24.0 Å². The second kappa shape index (κ2) is 21.6. The highest BCUT2D eigenvalue weighted by molar-refractivity contribution is 6.35. The number of fused-ring (bicyclic) bond motifs is 2. The van der Waals surface area contributed by atoms with E-state index >= 15 is 0 Å². The molecule has 69 heavy (non-hydrogen) atoms. The van der Waals surface area contributed by atoms with E-state index in [4.69, 9.17) is 21.6 Å². The molecule has 2 N–H and O–H groups in total. The number of rotatable bonds is 12. The van der Waals surface area contributed by atoms with E-state index in [2.05, 4.69) is 41.3 Å². The zero-order chi connectivity index (χ0) is 46.3. The number of nitrogens with one attached hydrogen (secondary N) is 2. The van der Waals surface area contributed by atoms with Crippen molar-refractivity contribution in [2.24, 2.45) is 11.8 Å². The van der Waals surface area contributed by atoms with Gasteiger partial charge in [-0.15, -0.1) is 24.8 Å². The normalized spacial score (nSPS) is 21.1. The van der Waals surface area contributed by atoms with Gasteiger partial charge in [0.05, 0.1) is 28.2 Å². The van der Waals surface area contributed by atoms with Crippen LogP contribution in [0.1, 0.15) is 115 Å². The van der Waals surface area contributed by atoms with Gasteiger partial charge in [0.2, 0.25) is 17.8 Å². The molecule has 1 saturated carbocycles. The number of nitrogens with zero attached hydrogens (tertiary/aromatic N) is 9. The number of likely N-dealkylation sites (tertiary alicyclic amines) is 1. The number of anilines is 4. The predicted molar refractivity (Wildman–Crippen MR) is 273 cm³/mol. The molecule has 4 aromatic rings. The topological polar surface area (TPSA) is 169 Å². The molecular formula is C50H64Cl3N11O5. The van der Waals surface area contributed by atoms with Crippen LogP contribution in [0.4, 0.5) is 23.1 Å². The number of piperidine rings is 3. The number of ketones is 1. The van der Waals surface area contributed by atoms with Gasteiger partial charge in [0.15, 0.2) is 5.78 Å². The van der Waals surface area contributed by atoms with Crippen molar-refractivity contribution in [3.05, 3.63) is 74.3 Å². The summed E-state index contributed by atoms with van der Waals surface area (Å²) in [5.41, 5.74) is 4.55. The van der Waals surface area contributed by atoms with Crippen molar-refractivity contribution in [1.29, 1.82) is 0 Å². The molecular weight excluding hydrogens is 941 g/mol. The first-order valence-corrected chi connectivity index (χ1v) is 24.9. The number of benzene rings is 1. The highest BCUT2D eigenvalue weighted by atomic mass is 35.5. The zero-order valence-corrected chi connectivity index (χ0v) is 42.0. The Kier molecular flexibility index (Phi) is 15.8. The number of piperazine rings is 1. The first-order chi connectivity index (χ1) is 32.5. The summed E-state index contributed by atoms with van der Waals surface area (Å²) in [7, 11) is 0. The van der Waals surface area contributed by atoms with Crippen LogP contribution in [-0.2, 0) is 16.1 Å². The fraction of sp³-hybridized carbons (Fsp3) is 0.560. The summed E-state index contributed by atoms with van der Waals surface area (Å²) >= 11 is 6.99. The van der Waals surface area contributed by atoms with Crippen LogP contribution in [-0.4, -0.2) is 129 Å². The number of amides is 3. The monoisotopic (exact) mass is 1000 g/mol. The van der Waals surface area contributed by atoms with E-state index < -0.39 is 11.9 Å². The number of hydrogen-bond donors (Lipinski definition) is 2. The summed E-state index contributed by atoms with van der Waals surface area (Å²) in [6.45, 7) is 13.9. The van der Waals surface area contributed by atoms with Crippen molar-refractivity contribution < 1.29 is 19.2 Å². The van der Waals surface area contributed by atoms with Crippen LogP contribution in [0, 0.1) is 18.8 Å². The van der Waals surface area contributed by atoms with Gasteiger partial charge in [-0.3, -0.25) is 38.8 Å². The fourth-order valence-corrected chi connectivity index (χ4v) is 12.1. The summed E-state index contributed by atoms with van der Waals surface area (Å²) in [5.74, 6) is 1.35. The maximum atomic E-state index is 13.6. The molecule has 0 spiro atoms. The van der Waals surface area contributed by atoms with Crippen molar-refractivity contribution in [1.82, 2.24) is 39.5 Å². The molecule has 370 valence electrons. The zero-order valence-electron chi connectivity index (χ0n) is 39.6. The Bertz CT molecular complexity index is 2620. The van der Waals surface area contributed by atoms with Gasteiger partial charge in [0, 0.05) is 94.1 Å². The highest BCUT2D eigenvalue weighted by Crippen LogP contribution is 2.40. The predicted octanol–water partition coefficient (Wildman–Crippen LogP) is 6.95. The molecule has 5 fully saturated rings. The van der Waals surface area contributed by atoms with Crippen molar-refractivity contribution in [2.75, 3.05) is 80.6 Å². The molecule has 0 bridgehead atoms. The van der Waals surface area contributed by atoms with Crippen molar-refractivity contribution in [2.45, 2.75) is 103 Å². The third-order valence-corrected chi connectivity index (χ3v) is 16.1. The van der Waals surface area contributed by atoms with Crippen LogP contribution in [0.3, 0.4) is 0 Å². The number of Topliss-reactive ketones (excluding diaryl/α,β-unsaturated/α-hetero) is 1. The van der Waals surface area contributed by atoms with Crippen molar-refractivity contribution >= 4 is 94.1 Å². The molecule has 8 heterocycles. The SMILES string of the molecule is CC(=O)c1c(C)c2cnc(Nc3ccc(N4CCN(CCN5CCC(CC6CCN(c7ccc8c(c7Cl)CN([C@H]7CCC(=O)NC7=O)C8=O)CC6)CC5)CC4)cn3)nc2n(C2CCCC2)c1=O.Cl.Cl. The van der Waals surface area contributed by atoms with Gasteiger partial charge in [-0.25, -0.2) is 9.97 Å². The van der Waals surface area contributed by atoms with E-state index in [-0.39, 0.29) is 72.5 Å². The number of halogens is 3. The molecule has 10 rings (SSSR count). The summed E-state index contributed by atoms with van der Waals surface area (Å²) in [4.78, 5) is 89.3. The van der Waals surface area contributed by atoms with Gasteiger partial charge in [-0.1, -0.05) is 24.4 Å². The van der Waals surface area contributed by atoms with Crippen LogP contribution < -0.4 is 26.0 Å². The second-order valence-electron chi connectivity index (χ2n) is 19.7. The number of hydrogen-bond acceptors (Lipinski definition) is 13. The molecule has 3 amide bonds. The third kappa shape index (κ3) is 10.5. The molecule has 3 aromatic heterocycles. The average molecular weight is 1010 g/mol. The first-order valence-electron chi connectivity index (χ1n) is 24.6. The van der Waals surface area contributed by atoms with Gasteiger partial charge in [-0.05, 0) is 120 Å². The molecule has 4 saturated heterocycles. The Morgan fingerprint density at radius 1 is 0.797 bits per heavy atom. The second-order valence-corrected chi connectivity index (χ2v) is 20.1. The minimum atomic E-state index is -0.648. The van der Waals surface area contributed by atoms with Crippen molar-refractivity contribution in [3.63, 3.8) is 0 Å². The van der Waals surface area contributed by atoms with E-state index in [1.54, 1.807) is 22.6 Å². The van der Waals surface area contributed by atoms with Crippen LogP contribution >= 0.6 is 36.4 Å². The molecule has 1 atom stereocenters. The number of pyridine rings is 2. The number of carbonyl (C=O) groups excluding carboxylic acids is 4. The first kappa shape index (κ1) is 50.5. The van der Waals surface area contributed by atoms with Crippen LogP contribution in [0.25, 0.3) is 11.0 Å². The highest BCUT2D eigenvalue weighted by Gasteiger charge is 2.41. The molecule has 19 heteroatoms. The number of imide groups is 1. The van der Waals surface area contributed by atoms with Gasteiger partial charge < -0.3 is 24.9 Å². The van der Waals surface area contributed by atoms with Crippen LogP contribution in [0.15, 0.2) is 41.5 Å². The average Bonchev–Trinajstić information content (AvgIpc) is 3.98. The number of aromatic nitrogens is 4. The smallest absolute Gasteiger partial charge is 0.263 e. The van der Waals surface area contributed by atoms with Gasteiger partial charge >= 0.3 is 0 Å². The minimum absolute atomic E-state index is 0. The van der Waals surface area contributed by atoms with Crippen molar-refractivity contribution in [3.8, 4) is 0 Å². The van der Waals surface area contributed by atoms with Crippen LogP contribution in [0.5, 0.6) is 0 Å². The van der Waals surface area contributed by atoms with Crippen LogP contribution in [0.2, 0.25) is 5.02 Å². The Morgan fingerprint density at radius 3 is 2.13 bits per heavy atom. The number of aryl methyl sites for hydroxylation is 1. The molecule has 1 aliphatic carbocycles. The Morgan fingerprint density at radius 2 is 1.48 bits per heavy atom. The van der Waals surface area contributed by atoms with E-state index in [1.807, 2.05) is 24.4 Å². The molecule has 6 aliphatic rings. The summed E-state index contributed by atoms with van der Waals surface area (Å²) in [5, 5.41) is 6.95. The maximum absolute atomic E-state index is 13.6. The van der Waals surface area contributed by atoms with E-state index in [0.29, 0.717) is 45.9 Å². The quantitative estimate of drug-likeness (QED) is 0.111. The lowest BCUT2D eigenvalue weighted by Crippen LogP contribution is -2.52. The lowest BCUT2D eigenvalue weighted by Gasteiger charge is -2.39. The molecule has 0 radical (unpaired) electrons. The lowest BCUT2D eigenvalue weighted by atomic mass is 9.82. The van der Waals surface area contributed by atoms with Gasteiger partial charge in [0.1, 0.15) is 17.5 Å². The molecule has 1 aromatic carbocycles. The van der Waals surface area contributed by atoms with E-state index in [1.165, 1.54) is 39.3 Å².